The van der Waals surface area contributed by atoms with Gasteiger partial charge in [0, 0.05) is 60.3 Å². The molecule has 0 aliphatic carbocycles. The normalized spacial score (nSPS) is 11.8. The first-order valence-electron chi connectivity index (χ1n) is 23.2. The lowest BCUT2D eigenvalue weighted by atomic mass is 9.95. The zero-order valence-corrected chi connectivity index (χ0v) is 37.0. The van der Waals surface area contributed by atoms with Gasteiger partial charge in [-0.15, -0.1) is 0 Å². The van der Waals surface area contributed by atoms with Gasteiger partial charge < -0.3 is 13.4 Å². The molecule has 14 rings (SSSR count). The van der Waals surface area contributed by atoms with E-state index in [0.717, 1.165) is 99.5 Å². The van der Waals surface area contributed by atoms with Gasteiger partial charge in [0.25, 0.3) is 0 Å². The highest BCUT2D eigenvalue weighted by atomic mass is 16.3. The van der Waals surface area contributed by atoms with E-state index in [1.165, 1.54) is 21.9 Å². The Bertz CT molecular complexity index is 4250. The van der Waals surface area contributed by atoms with Crippen LogP contribution in [0.15, 0.2) is 239 Å². The van der Waals surface area contributed by atoms with Crippen LogP contribution in [0.1, 0.15) is 0 Å². The van der Waals surface area contributed by atoms with Crippen LogP contribution < -0.4 is 0 Å². The van der Waals surface area contributed by atoms with E-state index in [2.05, 4.69) is 174 Å². The van der Waals surface area contributed by atoms with Gasteiger partial charge in [0.05, 0.1) is 11.0 Å². The van der Waals surface area contributed by atoms with Crippen molar-refractivity contribution in [2.24, 2.45) is 0 Å². The molecule has 0 fully saturated rings. The molecule has 0 radical (unpaired) electrons. The maximum Gasteiger partial charge on any atom is 0.164 e. The van der Waals surface area contributed by atoms with Crippen molar-refractivity contribution in [1.29, 1.82) is 0 Å². The number of hydrogen-bond acceptors (Lipinski definition) is 5. The van der Waals surface area contributed by atoms with E-state index >= 15 is 0 Å². The van der Waals surface area contributed by atoms with E-state index in [9.17, 15) is 0 Å². The van der Waals surface area contributed by atoms with E-state index in [1.807, 2.05) is 60.7 Å². The summed E-state index contributed by atoms with van der Waals surface area (Å²) < 4.78 is 15.9. The molecule has 0 saturated carbocycles. The summed E-state index contributed by atoms with van der Waals surface area (Å²) in [5.41, 5.74) is 16.0. The molecule has 0 saturated heterocycles. The van der Waals surface area contributed by atoms with Crippen LogP contribution in [-0.2, 0) is 0 Å². The Kier molecular flexibility index (Phi) is 8.79. The van der Waals surface area contributed by atoms with Crippen molar-refractivity contribution in [1.82, 2.24) is 19.5 Å². The molecule has 0 bridgehead atoms. The standard InChI is InChI=1S/C63H38N4O2/c1-4-16-39(17-5-1)42-32-34-54-51(37-42)47-24-10-11-29-53(47)67(54)45-33-35-55-52(38-45)59-48(26-15-30-56(59)68-55)49-27-13-28-50-58-46(25-14-31-57(58)69-60(49)50)43-22-12-23-44(36-43)63-65-61(40-18-6-2-7-19-40)64-62(66-63)41-20-8-3-9-21-41/h1-38H. The third-order valence-electron chi connectivity index (χ3n) is 13.5. The number of benzene rings is 10. The second-order valence-electron chi connectivity index (χ2n) is 17.5. The van der Waals surface area contributed by atoms with Gasteiger partial charge in [0.15, 0.2) is 17.5 Å². The molecule has 69 heavy (non-hydrogen) atoms. The van der Waals surface area contributed by atoms with E-state index < -0.39 is 0 Å². The second kappa shape index (κ2) is 15.6. The van der Waals surface area contributed by atoms with Crippen molar-refractivity contribution in [3.05, 3.63) is 231 Å². The molecule has 0 aliphatic heterocycles. The monoisotopic (exact) mass is 882 g/mol. The number of aromatic nitrogens is 4. The van der Waals surface area contributed by atoms with E-state index in [0.29, 0.717) is 17.5 Å². The fraction of sp³-hybridized carbons (Fsp3) is 0. The minimum atomic E-state index is 0.606. The number of rotatable bonds is 7. The lowest BCUT2D eigenvalue weighted by molar-refractivity contribution is 0.668. The summed E-state index contributed by atoms with van der Waals surface area (Å²) in [5, 5.41) is 6.60. The van der Waals surface area contributed by atoms with Crippen LogP contribution >= 0.6 is 0 Å². The zero-order chi connectivity index (χ0) is 45.4. The Hall–Kier alpha value is -9.39. The van der Waals surface area contributed by atoms with E-state index in [1.54, 1.807) is 0 Å². The van der Waals surface area contributed by atoms with Crippen LogP contribution in [0.2, 0.25) is 0 Å². The lowest BCUT2D eigenvalue weighted by Crippen LogP contribution is -2.00. The minimum absolute atomic E-state index is 0.606. The third-order valence-corrected chi connectivity index (χ3v) is 13.5. The van der Waals surface area contributed by atoms with Gasteiger partial charge in [-0.2, -0.15) is 0 Å². The van der Waals surface area contributed by atoms with Gasteiger partial charge in [0.2, 0.25) is 0 Å². The lowest BCUT2D eigenvalue weighted by Gasteiger charge is -2.10. The van der Waals surface area contributed by atoms with Crippen LogP contribution in [0.25, 0.3) is 139 Å². The maximum atomic E-state index is 6.93. The molecule has 4 aromatic heterocycles. The summed E-state index contributed by atoms with van der Waals surface area (Å²) >= 11 is 0. The van der Waals surface area contributed by atoms with Crippen molar-refractivity contribution in [3.8, 4) is 73.2 Å². The van der Waals surface area contributed by atoms with Crippen LogP contribution in [0.4, 0.5) is 0 Å². The van der Waals surface area contributed by atoms with Crippen LogP contribution in [0.5, 0.6) is 0 Å². The largest absolute Gasteiger partial charge is 0.456 e. The Morgan fingerprint density at radius 3 is 1.59 bits per heavy atom. The molecule has 6 heteroatoms. The quantitative estimate of drug-likeness (QED) is 0.159. The molecule has 0 amide bonds. The summed E-state index contributed by atoms with van der Waals surface area (Å²) in [7, 11) is 0. The SMILES string of the molecule is c1ccc(-c2ccc3c(c2)c2ccccc2n3-c2ccc3oc4cccc(-c5cccc6c5oc5cccc(-c7cccc(-c8nc(-c9ccccc9)nc(-c9ccccc9)n8)c7)c56)c4c3c2)cc1. The Balaban J connectivity index is 0.905. The summed E-state index contributed by atoms with van der Waals surface area (Å²) in [5.74, 6) is 1.86. The van der Waals surface area contributed by atoms with Crippen molar-refractivity contribution in [3.63, 3.8) is 0 Å². The first kappa shape index (κ1) is 38.8. The molecule has 0 spiro atoms. The molecule has 10 aromatic carbocycles. The number of hydrogen-bond donors (Lipinski definition) is 0. The highest BCUT2D eigenvalue weighted by Gasteiger charge is 2.22. The summed E-state index contributed by atoms with van der Waals surface area (Å²) in [6.45, 7) is 0. The summed E-state index contributed by atoms with van der Waals surface area (Å²) in [6, 6.07) is 80.3. The smallest absolute Gasteiger partial charge is 0.164 e. The van der Waals surface area contributed by atoms with Crippen LogP contribution in [0, 0.1) is 0 Å². The maximum absolute atomic E-state index is 6.93. The Morgan fingerprint density at radius 2 is 0.841 bits per heavy atom. The molecule has 4 heterocycles. The van der Waals surface area contributed by atoms with Crippen molar-refractivity contribution < 1.29 is 8.83 Å². The van der Waals surface area contributed by atoms with Crippen molar-refractivity contribution in [2.45, 2.75) is 0 Å². The predicted molar refractivity (Wildman–Crippen MR) is 281 cm³/mol. The molecule has 0 atom stereocenters. The van der Waals surface area contributed by atoms with Crippen LogP contribution in [0.3, 0.4) is 0 Å². The van der Waals surface area contributed by atoms with Gasteiger partial charge in [-0.1, -0.05) is 176 Å². The van der Waals surface area contributed by atoms with Gasteiger partial charge in [-0.05, 0) is 82.4 Å². The van der Waals surface area contributed by atoms with Crippen molar-refractivity contribution >= 4 is 65.7 Å². The fourth-order valence-electron chi connectivity index (χ4n) is 10.3. The average molecular weight is 883 g/mol. The number of nitrogens with zero attached hydrogens (tertiary/aromatic N) is 4. The van der Waals surface area contributed by atoms with E-state index in [-0.39, 0.29) is 0 Å². The highest BCUT2D eigenvalue weighted by molar-refractivity contribution is 6.20. The Labute approximate surface area is 396 Å². The molecule has 6 nitrogen and oxygen atoms in total. The first-order chi connectivity index (χ1) is 34.2. The van der Waals surface area contributed by atoms with Crippen LogP contribution in [-0.4, -0.2) is 19.5 Å². The topological polar surface area (TPSA) is 69.9 Å². The fourth-order valence-corrected chi connectivity index (χ4v) is 10.3. The molecule has 0 aliphatic rings. The predicted octanol–water partition coefficient (Wildman–Crippen LogP) is 16.8. The number of furan rings is 2. The molecule has 14 aromatic rings. The number of fused-ring (bicyclic) bond motifs is 9. The summed E-state index contributed by atoms with van der Waals surface area (Å²) in [4.78, 5) is 15.0. The molecule has 0 unspecified atom stereocenters. The van der Waals surface area contributed by atoms with Crippen molar-refractivity contribution in [2.75, 3.05) is 0 Å². The number of para-hydroxylation sites is 2. The van der Waals surface area contributed by atoms with Gasteiger partial charge >= 0.3 is 0 Å². The molecular weight excluding hydrogens is 845 g/mol. The van der Waals surface area contributed by atoms with Gasteiger partial charge in [0.1, 0.15) is 22.3 Å². The summed E-state index contributed by atoms with van der Waals surface area (Å²) in [6.07, 6.45) is 0. The third kappa shape index (κ3) is 6.38. The second-order valence-corrected chi connectivity index (χ2v) is 17.5. The zero-order valence-electron chi connectivity index (χ0n) is 37.0. The first-order valence-corrected chi connectivity index (χ1v) is 23.2. The molecule has 0 N–H and O–H groups in total. The average Bonchev–Trinajstić information content (AvgIpc) is 4.11. The van der Waals surface area contributed by atoms with Gasteiger partial charge in [-0.25, -0.2) is 15.0 Å². The minimum Gasteiger partial charge on any atom is -0.456 e. The van der Waals surface area contributed by atoms with Gasteiger partial charge in [-0.3, -0.25) is 0 Å². The highest BCUT2D eigenvalue weighted by Crippen LogP contribution is 2.45. The van der Waals surface area contributed by atoms with E-state index in [4.69, 9.17) is 23.8 Å². The molecule has 322 valence electrons. The Morgan fingerprint density at radius 1 is 0.290 bits per heavy atom. The molecular formula is C63H38N4O2.